The number of aromatic nitrogens is 3. The van der Waals surface area contributed by atoms with Gasteiger partial charge in [-0.25, -0.2) is 4.98 Å². The molecule has 0 spiro atoms. The van der Waals surface area contributed by atoms with Gasteiger partial charge in [-0.3, -0.25) is 10.1 Å². The van der Waals surface area contributed by atoms with E-state index in [2.05, 4.69) is 44.5 Å². The van der Waals surface area contributed by atoms with E-state index in [0.717, 1.165) is 48.1 Å². The number of H-pyrrole nitrogens is 1. The highest BCUT2D eigenvalue weighted by Gasteiger charge is 2.09. The molecule has 0 unspecified atom stereocenters. The lowest BCUT2D eigenvalue weighted by molar-refractivity contribution is 0.946. The summed E-state index contributed by atoms with van der Waals surface area (Å²) in [6, 6.07) is 8.16. The third-order valence-electron chi connectivity index (χ3n) is 2.96. The van der Waals surface area contributed by atoms with Gasteiger partial charge in [0, 0.05) is 24.1 Å². The lowest BCUT2D eigenvalue weighted by atomic mass is 10.1. The summed E-state index contributed by atoms with van der Waals surface area (Å²) < 4.78 is 0. The van der Waals surface area contributed by atoms with Gasteiger partial charge in [0.25, 0.3) is 0 Å². The quantitative estimate of drug-likeness (QED) is 0.853. The molecule has 0 atom stereocenters. The van der Waals surface area contributed by atoms with Crippen molar-refractivity contribution in [2.45, 2.75) is 13.3 Å². The Kier molecular flexibility index (Phi) is 2.80. The molecule has 5 nitrogen and oxygen atoms in total. The molecule has 2 aromatic rings. The molecule has 1 aliphatic rings. The van der Waals surface area contributed by atoms with Gasteiger partial charge in [0.05, 0.1) is 6.54 Å². The average molecular weight is 241 g/mol. The number of nitrogens with one attached hydrogen (secondary N) is 2. The Bertz CT molecular complexity index is 567. The number of rotatable bonds is 3. The van der Waals surface area contributed by atoms with Gasteiger partial charge in [-0.2, -0.15) is 5.10 Å². The molecule has 0 saturated heterocycles. The van der Waals surface area contributed by atoms with E-state index in [1.807, 2.05) is 12.1 Å². The summed E-state index contributed by atoms with van der Waals surface area (Å²) in [4.78, 5) is 8.81. The van der Waals surface area contributed by atoms with Gasteiger partial charge in [0.1, 0.15) is 11.7 Å². The first-order chi connectivity index (χ1) is 8.86. The molecule has 0 aliphatic carbocycles. The van der Waals surface area contributed by atoms with Gasteiger partial charge in [-0.1, -0.05) is 31.2 Å². The number of aromatic amines is 1. The lowest BCUT2D eigenvalue weighted by Crippen LogP contribution is -2.19. The number of hydrogen-bond acceptors (Lipinski definition) is 4. The zero-order valence-electron chi connectivity index (χ0n) is 10.3. The number of aliphatic imine (C=N–C) groups is 1. The zero-order valence-corrected chi connectivity index (χ0v) is 10.3. The van der Waals surface area contributed by atoms with Crippen molar-refractivity contribution in [3.05, 3.63) is 35.7 Å². The fraction of sp³-hybridized carbons (Fsp3) is 0.308. The maximum absolute atomic E-state index is 4.41. The molecule has 0 radical (unpaired) electrons. The minimum absolute atomic E-state index is 0.750. The molecular weight excluding hydrogens is 226 g/mol. The van der Waals surface area contributed by atoms with Crippen LogP contribution in [0.5, 0.6) is 0 Å². The van der Waals surface area contributed by atoms with E-state index >= 15 is 0 Å². The standard InChI is InChI=1S/C13H15N5/c1-2-11-16-13(18-17-11)10-5-3-9(4-6-10)12-14-7-8-15-12/h3-6H,2,7-8H2,1H3,(H,14,15)(H,16,17,18). The largest absolute Gasteiger partial charge is 0.368 e. The van der Waals surface area contributed by atoms with E-state index in [-0.39, 0.29) is 0 Å². The molecule has 2 heterocycles. The summed E-state index contributed by atoms with van der Waals surface area (Å²) >= 11 is 0. The van der Waals surface area contributed by atoms with Crippen molar-refractivity contribution in [3.63, 3.8) is 0 Å². The Labute approximate surface area is 105 Å². The van der Waals surface area contributed by atoms with Gasteiger partial charge in [-0.05, 0) is 0 Å². The Hall–Kier alpha value is -2.17. The fourth-order valence-electron chi connectivity index (χ4n) is 1.95. The Morgan fingerprint density at radius 2 is 1.94 bits per heavy atom. The smallest absolute Gasteiger partial charge is 0.181 e. The molecule has 2 N–H and O–H groups in total. The highest BCUT2D eigenvalue weighted by molar-refractivity contribution is 5.99. The Morgan fingerprint density at radius 1 is 1.17 bits per heavy atom. The number of nitrogens with zero attached hydrogens (tertiary/aromatic N) is 3. The van der Waals surface area contributed by atoms with Gasteiger partial charge in [-0.15, -0.1) is 0 Å². The molecule has 0 fully saturated rings. The number of benzene rings is 1. The summed E-state index contributed by atoms with van der Waals surface area (Å²) in [7, 11) is 0. The van der Waals surface area contributed by atoms with Crippen LogP contribution in [0.2, 0.25) is 0 Å². The molecule has 3 rings (SSSR count). The minimum atomic E-state index is 0.750. The van der Waals surface area contributed by atoms with Crippen molar-refractivity contribution in [1.29, 1.82) is 0 Å². The molecule has 18 heavy (non-hydrogen) atoms. The predicted octanol–water partition coefficient (Wildman–Crippen LogP) is 1.38. The van der Waals surface area contributed by atoms with Crippen LogP contribution >= 0.6 is 0 Å². The van der Waals surface area contributed by atoms with E-state index in [9.17, 15) is 0 Å². The van der Waals surface area contributed by atoms with E-state index in [0.29, 0.717) is 0 Å². The van der Waals surface area contributed by atoms with Crippen LogP contribution in [0.25, 0.3) is 11.4 Å². The lowest BCUT2D eigenvalue weighted by Gasteiger charge is -2.02. The second-order valence-corrected chi connectivity index (χ2v) is 4.19. The van der Waals surface area contributed by atoms with Gasteiger partial charge in [0.2, 0.25) is 0 Å². The molecule has 1 aliphatic heterocycles. The van der Waals surface area contributed by atoms with Gasteiger partial charge >= 0.3 is 0 Å². The average Bonchev–Trinajstić information content (AvgIpc) is 3.10. The van der Waals surface area contributed by atoms with Crippen LogP contribution in [0, 0.1) is 0 Å². The molecule has 1 aromatic heterocycles. The molecule has 0 saturated carbocycles. The molecule has 0 amide bonds. The van der Waals surface area contributed by atoms with Crippen molar-refractivity contribution in [2.75, 3.05) is 13.1 Å². The molecule has 1 aromatic carbocycles. The SMILES string of the molecule is CCc1nc(-c2ccc(C3=NCCN3)cc2)n[nH]1. The normalized spacial score (nSPS) is 14.4. The maximum Gasteiger partial charge on any atom is 0.181 e. The summed E-state index contributed by atoms with van der Waals surface area (Å²) in [5, 5.41) is 10.4. The second-order valence-electron chi connectivity index (χ2n) is 4.19. The van der Waals surface area contributed by atoms with E-state index in [4.69, 9.17) is 0 Å². The van der Waals surface area contributed by atoms with E-state index in [1.54, 1.807) is 0 Å². The van der Waals surface area contributed by atoms with Crippen molar-refractivity contribution < 1.29 is 0 Å². The summed E-state index contributed by atoms with van der Waals surface area (Å²) in [6.45, 7) is 3.84. The first-order valence-electron chi connectivity index (χ1n) is 6.17. The highest BCUT2D eigenvalue weighted by atomic mass is 15.2. The van der Waals surface area contributed by atoms with Crippen molar-refractivity contribution >= 4 is 5.84 Å². The van der Waals surface area contributed by atoms with Crippen LogP contribution in [0.3, 0.4) is 0 Å². The first-order valence-corrected chi connectivity index (χ1v) is 6.17. The number of aryl methyl sites for hydroxylation is 1. The third kappa shape index (κ3) is 1.99. The van der Waals surface area contributed by atoms with Crippen molar-refractivity contribution in [2.24, 2.45) is 4.99 Å². The van der Waals surface area contributed by atoms with Gasteiger partial charge in [0.15, 0.2) is 5.82 Å². The van der Waals surface area contributed by atoms with E-state index < -0.39 is 0 Å². The number of amidine groups is 1. The van der Waals surface area contributed by atoms with Crippen LogP contribution in [0.1, 0.15) is 18.3 Å². The Balaban J connectivity index is 1.86. The minimum Gasteiger partial charge on any atom is -0.368 e. The molecule has 5 heteroatoms. The van der Waals surface area contributed by atoms with Crippen LogP contribution in [-0.2, 0) is 6.42 Å². The fourth-order valence-corrected chi connectivity index (χ4v) is 1.95. The maximum atomic E-state index is 4.41. The monoisotopic (exact) mass is 241 g/mol. The topological polar surface area (TPSA) is 66.0 Å². The van der Waals surface area contributed by atoms with Gasteiger partial charge < -0.3 is 5.32 Å². The predicted molar refractivity (Wildman–Crippen MR) is 70.6 cm³/mol. The highest BCUT2D eigenvalue weighted by Crippen LogP contribution is 2.16. The van der Waals surface area contributed by atoms with Crippen LogP contribution in [0.15, 0.2) is 29.3 Å². The zero-order chi connectivity index (χ0) is 12.4. The van der Waals surface area contributed by atoms with Crippen molar-refractivity contribution in [3.8, 4) is 11.4 Å². The van der Waals surface area contributed by atoms with E-state index in [1.165, 1.54) is 0 Å². The molecule has 0 bridgehead atoms. The summed E-state index contributed by atoms with van der Waals surface area (Å²) in [6.07, 6.45) is 0.867. The van der Waals surface area contributed by atoms with Crippen molar-refractivity contribution in [1.82, 2.24) is 20.5 Å². The van der Waals surface area contributed by atoms with Crippen LogP contribution in [0.4, 0.5) is 0 Å². The summed E-state index contributed by atoms with van der Waals surface area (Å²) in [5.74, 6) is 2.64. The Morgan fingerprint density at radius 3 is 2.56 bits per heavy atom. The van der Waals surface area contributed by atoms with Crippen LogP contribution in [-0.4, -0.2) is 34.1 Å². The molecule has 92 valence electrons. The van der Waals surface area contributed by atoms with Crippen LogP contribution < -0.4 is 5.32 Å². The first kappa shape index (κ1) is 11.0. The summed E-state index contributed by atoms with van der Waals surface area (Å²) in [5.41, 5.74) is 2.13. The molecular formula is C13H15N5. The third-order valence-corrected chi connectivity index (χ3v) is 2.96. The second kappa shape index (κ2) is 4.60. The number of hydrogen-bond donors (Lipinski definition) is 2.